The summed E-state index contributed by atoms with van der Waals surface area (Å²) in [6.07, 6.45) is 16.3. The third-order valence-corrected chi connectivity index (χ3v) is 7.95. The van der Waals surface area contributed by atoms with Gasteiger partial charge in [0.25, 0.3) is 0 Å². The SMILES string of the molecule is CC.CC1CCC(=O)NC1.CCC(C)=C(C(C)=N)C1CCCCC1.CCC(C)CCCC(N)c1cnc(C)[nH]1. The van der Waals surface area contributed by atoms with Crippen molar-refractivity contribution in [3.8, 4) is 0 Å². The lowest BCUT2D eigenvalue weighted by atomic mass is 9.80. The topological polar surface area (TPSA) is 108 Å². The molecule has 0 radical (unpaired) electrons. The Labute approximate surface area is 241 Å². The first-order valence-electron chi connectivity index (χ1n) is 15.9. The van der Waals surface area contributed by atoms with Gasteiger partial charge in [-0.2, -0.15) is 0 Å². The van der Waals surface area contributed by atoms with Crippen LogP contribution >= 0.6 is 0 Å². The highest BCUT2D eigenvalue weighted by molar-refractivity contribution is 5.96. The molecule has 2 fully saturated rings. The van der Waals surface area contributed by atoms with Crippen LogP contribution in [-0.2, 0) is 4.79 Å². The Balaban J connectivity index is 0.000000559. The zero-order valence-electron chi connectivity index (χ0n) is 27.0. The Morgan fingerprint density at radius 1 is 1.13 bits per heavy atom. The minimum absolute atomic E-state index is 0.121. The fourth-order valence-electron chi connectivity index (χ4n) is 5.09. The maximum atomic E-state index is 10.5. The van der Waals surface area contributed by atoms with E-state index in [4.69, 9.17) is 11.1 Å². The summed E-state index contributed by atoms with van der Waals surface area (Å²) in [4.78, 5) is 17.9. The van der Waals surface area contributed by atoms with Gasteiger partial charge in [0.15, 0.2) is 0 Å². The molecule has 3 atom stereocenters. The molecule has 39 heavy (non-hydrogen) atoms. The lowest BCUT2D eigenvalue weighted by Gasteiger charge is -2.26. The summed E-state index contributed by atoms with van der Waals surface area (Å²) in [5, 5.41) is 10.7. The van der Waals surface area contributed by atoms with Crippen molar-refractivity contribution >= 4 is 11.6 Å². The Hall–Kier alpha value is -1.95. The van der Waals surface area contributed by atoms with Crippen molar-refractivity contribution in [2.24, 2.45) is 23.5 Å². The van der Waals surface area contributed by atoms with Gasteiger partial charge in [0.2, 0.25) is 5.91 Å². The number of nitrogens with zero attached hydrogens (tertiary/aromatic N) is 1. The molecule has 0 spiro atoms. The van der Waals surface area contributed by atoms with Crippen LogP contribution in [0.3, 0.4) is 0 Å². The van der Waals surface area contributed by atoms with E-state index < -0.39 is 0 Å². The largest absolute Gasteiger partial charge is 0.356 e. The number of H-pyrrole nitrogens is 1. The first kappa shape index (κ1) is 37.0. The van der Waals surface area contributed by atoms with Gasteiger partial charge in [-0.15, -0.1) is 0 Å². The van der Waals surface area contributed by atoms with Crippen LogP contribution in [0.1, 0.15) is 150 Å². The second-order valence-electron chi connectivity index (χ2n) is 11.4. The minimum atomic E-state index is 0.121. The highest BCUT2D eigenvalue weighted by Gasteiger charge is 2.20. The van der Waals surface area contributed by atoms with E-state index in [2.05, 4.69) is 49.9 Å². The number of nitrogens with two attached hydrogens (primary N) is 1. The Morgan fingerprint density at radius 3 is 2.21 bits per heavy atom. The number of amides is 1. The van der Waals surface area contributed by atoms with Crippen molar-refractivity contribution in [2.45, 2.75) is 145 Å². The molecule has 1 amide bonds. The van der Waals surface area contributed by atoms with Crippen LogP contribution in [0, 0.1) is 30.1 Å². The van der Waals surface area contributed by atoms with Gasteiger partial charge < -0.3 is 21.4 Å². The van der Waals surface area contributed by atoms with E-state index in [-0.39, 0.29) is 11.9 Å². The van der Waals surface area contributed by atoms with Crippen LogP contribution in [0.2, 0.25) is 0 Å². The van der Waals surface area contributed by atoms with Crippen LogP contribution in [-0.4, -0.2) is 28.1 Å². The van der Waals surface area contributed by atoms with Gasteiger partial charge in [0, 0.05) is 30.9 Å². The Morgan fingerprint density at radius 2 is 1.77 bits per heavy atom. The summed E-state index contributed by atoms with van der Waals surface area (Å²) in [6, 6.07) is 0.121. The molecule has 6 heteroatoms. The molecule has 1 aliphatic heterocycles. The monoisotopic (exact) mass is 546 g/mol. The van der Waals surface area contributed by atoms with E-state index >= 15 is 0 Å². The molecule has 0 aromatic carbocycles. The number of nitrogens with one attached hydrogen (secondary N) is 3. The van der Waals surface area contributed by atoms with Crippen LogP contribution in [0.5, 0.6) is 0 Å². The molecule has 1 aromatic rings. The first-order valence-corrected chi connectivity index (χ1v) is 15.9. The first-order chi connectivity index (χ1) is 18.6. The molecule has 3 rings (SSSR count). The maximum Gasteiger partial charge on any atom is 0.220 e. The number of hydrogen-bond donors (Lipinski definition) is 4. The molecule has 226 valence electrons. The highest BCUT2D eigenvalue weighted by atomic mass is 16.1. The van der Waals surface area contributed by atoms with Crippen LogP contribution in [0.15, 0.2) is 17.3 Å². The van der Waals surface area contributed by atoms with Crippen molar-refractivity contribution in [3.63, 3.8) is 0 Å². The summed E-state index contributed by atoms with van der Waals surface area (Å²) in [6.45, 7) is 19.9. The van der Waals surface area contributed by atoms with E-state index in [1.54, 1.807) is 0 Å². The predicted octanol–water partition coefficient (Wildman–Crippen LogP) is 8.83. The molecule has 1 saturated heterocycles. The lowest BCUT2D eigenvalue weighted by Crippen LogP contribution is -2.33. The van der Waals surface area contributed by atoms with Crippen LogP contribution in [0.25, 0.3) is 0 Å². The van der Waals surface area contributed by atoms with Gasteiger partial charge >= 0.3 is 0 Å². The number of hydrogen-bond acceptors (Lipinski definition) is 4. The summed E-state index contributed by atoms with van der Waals surface area (Å²) < 4.78 is 0. The lowest BCUT2D eigenvalue weighted by molar-refractivity contribution is -0.122. The molecule has 2 aliphatic rings. The van der Waals surface area contributed by atoms with Crippen LogP contribution in [0.4, 0.5) is 0 Å². The van der Waals surface area contributed by atoms with Crippen molar-refractivity contribution in [3.05, 3.63) is 28.9 Å². The number of imidazole rings is 1. The van der Waals surface area contributed by atoms with E-state index in [9.17, 15) is 4.79 Å². The van der Waals surface area contributed by atoms with Gasteiger partial charge in [0.05, 0.1) is 5.69 Å². The number of carbonyl (C=O) groups excluding carboxylic acids is 1. The van der Waals surface area contributed by atoms with Crippen molar-refractivity contribution < 1.29 is 4.79 Å². The summed E-state index contributed by atoms with van der Waals surface area (Å²) in [7, 11) is 0. The maximum absolute atomic E-state index is 10.5. The van der Waals surface area contributed by atoms with Gasteiger partial charge in [-0.3, -0.25) is 4.79 Å². The number of piperidine rings is 1. The van der Waals surface area contributed by atoms with Gasteiger partial charge in [-0.05, 0) is 76.2 Å². The number of rotatable bonds is 9. The zero-order chi connectivity index (χ0) is 29.8. The smallest absolute Gasteiger partial charge is 0.220 e. The molecule has 6 nitrogen and oxygen atoms in total. The molecule has 2 heterocycles. The van der Waals surface area contributed by atoms with E-state index in [1.165, 1.54) is 62.5 Å². The summed E-state index contributed by atoms with van der Waals surface area (Å²) in [5.41, 5.74) is 10.7. The van der Waals surface area contributed by atoms with E-state index in [1.807, 2.05) is 33.9 Å². The Bertz CT molecular complexity index is 812. The highest BCUT2D eigenvalue weighted by Crippen LogP contribution is 2.32. The van der Waals surface area contributed by atoms with E-state index in [0.717, 1.165) is 55.4 Å². The fourth-order valence-corrected chi connectivity index (χ4v) is 5.09. The van der Waals surface area contributed by atoms with Gasteiger partial charge in [-0.1, -0.05) is 85.6 Å². The third kappa shape index (κ3) is 16.0. The number of carbonyl (C=O) groups is 1. The van der Waals surface area contributed by atoms with Gasteiger partial charge in [0.1, 0.15) is 5.82 Å². The molecule has 5 N–H and O–H groups in total. The number of aromatic amines is 1. The second kappa shape index (κ2) is 21.8. The van der Waals surface area contributed by atoms with Gasteiger partial charge in [-0.25, -0.2) is 4.98 Å². The second-order valence-corrected chi connectivity index (χ2v) is 11.4. The third-order valence-electron chi connectivity index (χ3n) is 7.95. The molecule has 1 aromatic heterocycles. The average Bonchev–Trinajstić information content (AvgIpc) is 3.38. The standard InChI is InChI=1S/C13H23N.C12H23N3.C6H11NO.C2H6/c1-4-10(2)13(11(3)14)12-8-6-5-7-9-12;1-4-9(2)6-5-7-11(13)12-8-14-10(3)15-12;1-5-2-3-6(8)7-4-5;1-2/h12,14H,4-9H2,1-3H3;8-9,11H,4-7,13H2,1-3H3,(H,14,15);5H,2-4H2,1H3,(H,7,8);1-2H3. The summed E-state index contributed by atoms with van der Waals surface area (Å²) >= 11 is 0. The Kier molecular flexibility index (Phi) is 20.7. The zero-order valence-corrected chi connectivity index (χ0v) is 27.0. The summed E-state index contributed by atoms with van der Waals surface area (Å²) in [5.74, 6) is 3.36. The van der Waals surface area contributed by atoms with Crippen molar-refractivity contribution in [1.29, 1.82) is 5.41 Å². The molecule has 0 bridgehead atoms. The molecule has 1 saturated carbocycles. The van der Waals surface area contributed by atoms with Crippen LogP contribution < -0.4 is 11.1 Å². The fraction of sp³-hybridized carbons (Fsp3) is 0.788. The quantitative estimate of drug-likeness (QED) is 0.233. The predicted molar refractivity (Wildman–Crippen MR) is 169 cm³/mol. The normalized spacial score (nSPS) is 19.4. The number of aryl methyl sites for hydroxylation is 1. The number of aromatic nitrogens is 2. The molecule has 1 aliphatic carbocycles. The number of allylic oxidation sites excluding steroid dienone is 2. The molecular formula is C33H63N5O. The molecule has 3 unspecified atom stereocenters. The molecular weight excluding hydrogens is 482 g/mol. The van der Waals surface area contributed by atoms with Crippen molar-refractivity contribution in [2.75, 3.05) is 6.54 Å². The van der Waals surface area contributed by atoms with Crippen molar-refractivity contribution in [1.82, 2.24) is 15.3 Å². The average molecular weight is 546 g/mol. The minimum Gasteiger partial charge on any atom is -0.356 e. The van der Waals surface area contributed by atoms with E-state index in [0.29, 0.717) is 11.8 Å².